The Morgan fingerprint density at radius 2 is 1.73 bits per heavy atom. The molecule has 0 spiro atoms. The number of carbonyl (C=O) groups is 1. The van der Waals surface area contributed by atoms with Gasteiger partial charge >= 0.3 is 6.80 Å². The molecule has 0 heterocycles. The lowest BCUT2D eigenvalue weighted by Crippen LogP contribution is -2.05. The fraction of sp³-hybridized carbons (Fsp3) is 0.0714. The number of benzene rings is 2. The maximum absolute atomic E-state index is 12.3. The summed E-state index contributed by atoms with van der Waals surface area (Å²) >= 11 is 0.263. The second kappa shape index (κ2) is 6.54. The van der Waals surface area contributed by atoms with Gasteiger partial charge in [0, 0.05) is 16.9 Å². The Hall–Kier alpha value is -1.79. The molecule has 116 valence electrons. The van der Waals surface area contributed by atoms with Crippen molar-refractivity contribution < 1.29 is 29.4 Å². The van der Waals surface area contributed by atoms with Crippen molar-refractivity contribution >= 4 is 24.0 Å². The van der Waals surface area contributed by atoms with Gasteiger partial charge in [-0.25, -0.2) is 4.57 Å². The maximum Gasteiger partial charge on any atom is 0.388 e. The first-order valence-corrected chi connectivity index (χ1v) is 9.17. The van der Waals surface area contributed by atoms with Gasteiger partial charge in [0.1, 0.15) is 11.5 Å². The van der Waals surface area contributed by atoms with Crippen molar-refractivity contribution in [2.45, 2.75) is 11.3 Å². The third-order valence-electron chi connectivity index (χ3n) is 2.76. The van der Waals surface area contributed by atoms with Gasteiger partial charge in [0.2, 0.25) is 0 Å². The van der Waals surface area contributed by atoms with Crippen molar-refractivity contribution in [3.05, 3.63) is 53.6 Å². The van der Waals surface area contributed by atoms with Crippen molar-refractivity contribution in [2.75, 3.05) is 0 Å². The zero-order valence-electron chi connectivity index (χ0n) is 11.2. The second-order valence-electron chi connectivity index (χ2n) is 4.53. The third kappa shape index (κ3) is 4.61. The number of phenolic OH excluding ortho intramolecular Hbond substituents is 2. The number of ketones is 1. The molecule has 0 unspecified atom stereocenters. The summed E-state index contributed by atoms with van der Waals surface area (Å²) in [4.78, 5) is 30.5. The molecule has 0 saturated carbocycles. The highest BCUT2D eigenvalue weighted by Gasteiger charge is 2.21. The SMILES string of the molecule is O=C(Cc1cccc(O)c1)c1cc(O)ccc1SP(=O)(O)O. The number of carbonyl (C=O) groups excluding carboxylic acids is 1. The van der Waals surface area contributed by atoms with Crippen LogP contribution in [0.1, 0.15) is 15.9 Å². The van der Waals surface area contributed by atoms with E-state index in [9.17, 15) is 19.6 Å². The summed E-state index contributed by atoms with van der Waals surface area (Å²) in [6.07, 6.45) is -0.0629. The molecule has 0 aliphatic rings. The minimum atomic E-state index is -4.42. The summed E-state index contributed by atoms with van der Waals surface area (Å²) in [6, 6.07) is 9.84. The topological polar surface area (TPSA) is 115 Å². The van der Waals surface area contributed by atoms with Crippen molar-refractivity contribution in [3.8, 4) is 11.5 Å². The molecule has 6 nitrogen and oxygen atoms in total. The summed E-state index contributed by atoms with van der Waals surface area (Å²) < 4.78 is 11.1. The van der Waals surface area contributed by atoms with Crippen LogP contribution in [0, 0.1) is 0 Å². The lowest BCUT2D eigenvalue weighted by Gasteiger charge is -2.10. The third-order valence-corrected chi connectivity index (χ3v) is 4.85. The fourth-order valence-electron chi connectivity index (χ4n) is 1.89. The second-order valence-corrected chi connectivity index (χ2v) is 8.11. The summed E-state index contributed by atoms with van der Waals surface area (Å²) in [5.74, 6) is -0.571. The molecule has 2 rings (SSSR count). The normalized spacial score (nSPS) is 11.4. The highest BCUT2D eigenvalue weighted by Crippen LogP contribution is 2.55. The van der Waals surface area contributed by atoms with Crippen molar-refractivity contribution in [2.24, 2.45) is 0 Å². The number of Topliss-reactive ketones (excluding diaryl/α,β-unsaturated/α-hetero) is 1. The average molecular weight is 340 g/mol. The summed E-state index contributed by atoms with van der Waals surface area (Å²) in [5.41, 5.74) is 0.581. The first-order valence-electron chi connectivity index (χ1n) is 6.14. The number of rotatable bonds is 5. The number of phenols is 2. The lowest BCUT2D eigenvalue weighted by molar-refractivity contribution is 0.0990. The Kier molecular flexibility index (Phi) is 4.93. The van der Waals surface area contributed by atoms with Gasteiger partial charge in [-0.3, -0.25) is 4.79 Å². The van der Waals surface area contributed by atoms with E-state index in [1.165, 1.54) is 30.3 Å². The van der Waals surface area contributed by atoms with E-state index in [-0.39, 0.29) is 39.8 Å². The predicted octanol–water partition coefficient (Wildman–Crippen LogP) is 2.71. The van der Waals surface area contributed by atoms with Crippen LogP contribution in [-0.2, 0) is 11.0 Å². The monoisotopic (exact) mass is 340 g/mol. The molecule has 4 N–H and O–H groups in total. The minimum absolute atomic E-state index is 0.0195. The van der Waals surface area contributed by atoms with E-state index in [1.807, 2.05) is 0 Å². The van der Waals surface area contributed by atoms with Gasteiger partial charge < -0.3 is 20.0 Å². The van der Waals surface area contributed by atoms with E-state index in [0.29, 0.717) is 5.56 Å². The maximum atomic E-state index is 12.3. The molecule has 8 heteroatoms. The van der Waals surface area contributed by atoms with Gasteiger partial charge in [-0.2, -0.15) is 0 Å². The molecule has 0 radical (unpaired) electrons. The predicted molar refractivity (Wildman–Crippen MR) is 82.1 cm³/mol. The zero-order chi connectivity index (χ0) is 16.3. The van der Waals surface area contributed by atoms with Gasteiger partial charge in [0.05, 0.1) is 0 Å². The van der Waals surface area contributed by atoms with E-state index in [1.54, 1.807) is 12.1 Å². The van der Waals surface area contributed by atoms with Crippen LogP contribution in [0.3, 0.4) is 0 Å². The van der Waals surface area contributed by atoms with E-state index in [2.05, 4.69) is 0 Å². The largest absolute Gasteiger partial charge is 0.508 e. The van der Waals surface area contributed by atoms with Crippen LogP contribution in [-0.4, -0.2) is 25.8 Å². The number of hydrogen-bond donors (Lipinski definition) is 4. The molecule has 0 aromatic heterocycles. The van der Waals surface area contributed by atoms with Crippen LogP contribution in [0.5, 0.6) is 11.5 Å². The molecular weight excluding hydrogens is 327 g/mol. The molecule has 22 heavy (non-hydrogen) atoms. The molecule has 0 bridgehead atoms. The van der Waals surface area contributed by atoms with Crippen molar-refractivity contribution in [3.63, 3.8) is 0 Å². The van der Waals surface area contributed by atoms with E-state index in [0.717, 1.165) is 0 Å². The smallest absolute Gasteiger partial charge is 0.388 e. The van der Waals surface area contributed by atoms with E-state index < -0.39 is 12.6 Å². The Morgan fingerprint density at radius 1 is 1.05 bits per heavy atom. The van der Waals surface area contributed by atoms with Gasteiger partial charge in [0.15, 0.2) is 5.78 Å². The molecule has 0 atom stereocenters. The van der Waals surface area contributed by atoms with Crippen LogP contribution >= 0.6 is 18.2 Å². The average Bonchev–Trinajstić information content (AvgIpc) is 2.39. The van der Waals surface area contributed by atoms with Crippen LogP contribution in [0.15, 0.2) is 47.4 Å². The lowest BCUT2D eigenvalue weighted by atomic mass is 10.0. The quantitative estimate of drug-likeness (QED) is 0.488. The summed E-state index contributed by atoms with van der Waals surface area (Å²) in [7, 11) is 0. The highest BCUT2D eigenvalue weighted by atomic mass is 32.7. The van der Waals surface area contributed by atoms with Crippen LogP contribution in [0.2, 0.25) is 0 Å². The van der Waals surface area contributed by atoms with Gasteiger partial charge in [-0.1, -0.05) is 12.1 Å². The molecular formula is C14H13O6PS. The van der Waals surface area contributed by atoms with Crippen LogP contribution < -0.4 is 0 Å². The summed E-state index contributed by atoms with van der Waals surface area (Å²) in [5, 5.41) is 18.9. The van der Waals surface area contributed by atoms with E-state index >= 15 is 0 Å². The molecule has 0 aliphatic carbocycles. The molecule has 2 aromatic carbocycles. The number of hydrogen-bond acceptors (Lipinski definition) is 5. The van der Waals surface area contributed by atoms with Crippen molar-refractivity contribution in [1.29, 1.82) is 0 Å². The molecule has 0 amide bonds. The summed E-state index contributed by atoms with van der Waals surface area (Å²) in [6.45, 7) is -4.42. The first-order chi connectivity index (χ1) is 10.2. The van der Waals surface area contributed by atoms with Gasteiger partial charge in [-0.15, -0.1) is 0 Å². The molecule has 0 fully saturated rings. The van der Waals surface area contributed by atoms with Crippen molar-refractivity contribution in [1.82, 2.24) is 0 Å². The molecule has 0 saturated heterocycles. The Bertz CT molecular complexity index is 755. The van der Waals surface area contributed by atoms with Crippen LogP contribution in [0.25, 0.3) is 0 Å². The number of aromatic hydroxyl groups is 2. The highest BCUT2D eigenvalue weighted by molar-refractivity contribution is 8.54. The standard InChI is InChI=1S/C14H13O6PS/c15-10-3-1-2-9(6-10)7-13(17)12-8-11(16)4-5-14(12)22-21(18,19)20/h1-6,8,15-16H,7H2,(H2,18,19,20). The molecule has 0 aliphatic heterocycles. The fourth-order valence-corrected chi connectivity index (χ4v) is 3.79. The van der Waals surface area contributed by atoms with Gasteiger partial charge in [0.25, 0.3) is 0 Å². The Balaban J connectivity index is 2.32. The first kappa shape index (κ1) is 16.6. The van der Waals surface area contributed by atoms with E-state index in [4.69, 9.17) is 9.79 Å². The van der Waals surface area contributed by atoms with Crippen LogP contribution in [0.4, 0.5) is 0 Å². The Morgan fingerprint density at radius 3 is 2.36 bits per heavy atom. The Labute approximate surface area is 130 Å². The molecule has 2 aromatic rings. The minimum Gasteiger partial charge on any atom is -0.508 e. The zero-order valence-corrected chi connectivity index (χ0v) is 12.9. The van der Waals surface area contributed by atoms with Gasteiger partial charge in [-0.05, 0) is 47.3 Å².